The summed E-state index contributed by atoms with van der Waals surface area (Å²) in [4.78, 5) is 0. The van der Waals surface area contributed by atoms with Crippen LogP contribution in [0.2, 0.25) is 0 Å². The first-order chi connectivity index (χ1) is 14.8. The molecule has 1 heteroatoms. The van der Waals surface area contributed by atoms with Crippen molar-refractivity contribution in [3.8, 4) is 0 Å². The van der Waals surface area contributed by atoms with Gasteiger partial charge >= 0.3 is 0 Å². The van der Waals surface area contributed by atoms with E-state index < -0.39 is 0 Å². The number of allylic oxidation sites excluding steroid dienone is 2. The van der Waals surface area contributed by atoms with Gasteiger partial charge in [-0.15, -0.1) is 0 Å². The maximum Gasteiger partial charge on any atom is 0.0798 e. The second-order valence-electron chi connectivity index (χ2n) is 11.4. The van der Waals surface area contributed by atoms with Gasteiger partial charge < -0.3 is 5.11 Å². The highest BCUT2D eigenvalue weighted by molar-refractivity contribution is 5.43. The molecule has 1 nitrogen and oxygen atoms in total. The number of aliphatic hydroxyl groups excluding tert-OH is 1. The SMILES string of the molecule is CC1=C(CCCCCCCCCc2c(C)ccc3c2C(O)CC(C)C3)CCCC1(C)C. The van der Waals surface area contributed by atoms with Crippen LogP contribution in [0.25, 0.3) is 0 Å². The second kappa shape index (κ2) is 11.2. The Bertz CT molecular complexity index is 754. The van der Waals surface area contributed by atoms with Crippen molar-refractivity contribution in [1.29, 1.82) is 0 Å². The summed E-state index contributed by atoms with van der Waals surface area (Å²) in [6.07, 6.45) is 17.9. The Kier molecular flexibility index (Phi) is 8.85. The first-order valence-electron chi connectivity index (χ1n) is 13.3. The summed E-state index contributed by atoms with van der Waals surface area (Å²) in [6, 6.07) is 4.54. The molecule has 0 heterocycles. The van der Waals surface area contributed by atoms with Crippen LogP contribution < -0.4 is 0 Å². The normalized spacial score (nSPS) is 23.2. The zero-order valence-electron chi connectivity index (χ0n) is 21.2. The fraction of sp³-hybridized carbons (Fsp3) is 0.733. The summed E-state index contributed by atoms with van der Waals surface area (Å²) in [6.45, 7) is 11.7. The molecule has 2 aliphatic rings. The van der Waals surface area contributed by atoms with Crippen molar-refractivity contribution in [2.75, 3.05) is 0 Å². The molecule has 2 atom stereocenters. The molecule has 174 valence electrons. The molecule has 0 fully saturated rings. The number of rotatable bonds is 10. The molecule has 2 aliphatic carbocycles. The molecule has 0 aromatic heterocycles. The van der Waals surface area contributed by atoms with Gasteiger partial charge in [0.1, 0.15) is 0 Å². The van der Waals surface area contributed by atoms with E-state index in [4.69, 9.17) is 0 Å². The van der Waals surface area contributed by atoms with Gasteiger partial charge in [-0.1, -0.05) is 76.2 Å². The maximum atomic E-state index is 10.7. The van der Waals surface area contributed by atoms with E-state index >= 15 is 0 Å². The van der Waals surface area contributed by atoms with E-state index in [2.05, 4.69) is 46.8 Å². The molecule has 1 N–H and O–H groups in total. The van der Waals surface area contributed by atoms with Crippen LogP contribution in [0.1, 0.15) is 133 Å². The molecule has 0 aliphatic heterocycles. The number of aryl methyl sites for hydroxylation is 1. The van der Waals surface area contributed by atoms with Crippen molar-refractivity contribution in [2.45, 2.75) is 131 Å². The molecule has 0 amide bonds. The molecule has 0 bridgehead atoms. The topological polar surface area (TPSA) is 20.2 Å². The zero-order chi connectivity index (χ0) is 22.4. The molecule has 2 unspecified atom stereocenters. The van der Waals surface area contributed by atoms with Gasteiger partial charge in [0.25, 0.3) is 0 Å². The van der Waals surface area contributed by atoms with Gasteiger partial charge in [-0.3, -0.25) is 0 Å². The minimum atomic E-state index is -0.248. The number of hydrogen-bond donors (Lipinski definition) is 1. The molecule has 31 heavy (non-hydrogen) atoms. The van der Waals surface area contributed by atoms with Gasteiger partial charge in [-0.05, 0) is 105 Å². The van der Waals surface area contributed by atoms with Crippen LogP contribution in [-0.2, 0) is 12.8 Å². The summed E-state index contributed by atoms with van der Waals surface area (Å²) in [5, 5.41) is 10.7. The van der Waals surface area contributed by atoms with Gasteiger partial charge in [-0.25, -0.2) is 0 Å². The Morgan fingerprint density at radius 1 is 0.935 bits per heavy atom. The monoisotopic (exact) mass is 424 g/mol. The lowest BCUT2D eigenvalue weighted by Crippen LogP contribution is -2.19. The average molecular weight is 425 g/mol. The van der Waals surface area contributed by atoms with Crippen LogP contribution in [0.5, 0.6) is 0 Å². The lowest BCUT2D eigenvalue weighted by molar-refractivity contribution is 0.135. The Balaban J connectivity index is 1.33. The van der Waals surface area contributed by atoms with Crippen molar-refractivity contribution in [3.63, 3.8) is 0 Å². The number of unbranched alkanes of at least 4 members (excludes halogenated alkanes) is 6. The average Bonchev–Trinajstić information content (AvgIpc) is 2.71. The molecular weight excluding hydrogens is 376 g/mol. The zero-order valence-corrected chi connectivity index (χ0v) is 21.2. The third-order valence-electron chi connectivity index (χ3n) is 8.44. The third-order valence-corrected chi connectivity index (χ3v) is 8.44. The molecular formula is C30H48O. The Hall–Kier alpha value is -1.08. The van der Waals surface area contributed by atoms with E-state index in [1.165, 1.54) is 92.9 Å². The number of hydrogen-bond acceptors (Lipinski definition) is 1. The first kappa shape index (κ1) is 24.6. The van der Waals surface area contributed by atoms with Crippen LogP contribution in [0, 0.1) is 18.3 Å². The molecule has 0 spiro atoms. The summed E-state index contributed by atoms with van der Waals surface area (Å²) in [5.74, 6) is 0.600. The van der Waals surface area contributed by atoms with Crippen LogP contribution >= 0.6 is 0 Å². The number of aliphatic hydroxyl groups is 1. The summed E-state index contributed by atoms with van der Waals surface area (Å²) >= 11 is 0. The summed E-state index contributed by atoms with van der Waals surface area (Å²) in [7, 11) is 0. The fourth-order valence-electron chi connectivity index (χ4n) is 6.14. The largest absolute Gasteiger partial charge is 0.388 e. The van der Waals surface area contributed by atoms with Gasteiger partial charge in [0.15, 0.2) is 0 Å². The van der Waals surface area contributed by atoms with E-state index in [9.17, 15) is 5.11 Å². The van der Waals surface area contributed by atoms with Crippen molar-refractivity contribution in [3.05, 3.63) is 45.5 Å². The minimum absolute atomic E-state index is 0.248. The molecule has 1 aromatic carbocycles. The smallest absolute Gasteiger partial charge is 0.0798 e. The van der Waals surface area contributed by atoms with Gasteiger partial charge in [0.2, 0.25) is 0 Å². The molecule has 1 aromatic rings. The third kappa shape index (κ3) is 6.47. The summed E-state index contributed by atoms with van der Waals surface area (Å²) < 4.78 is 0. The Morgan fingerprint density at radius 3 is 2.29 bits per heavy atom. The predicted octanol–water partition coefficient (Wildman–Crippen LogP) is 8.80. The van der Waals surface area contributed by atoms with Gasteiger partial charge in [-0.2, -0.15) is 0 Å². The number of fused-ring (bicyclic) bond motifs is 1. The van der Waals surface area contributed by atoms with Crippen molar-refractivity contribution in [2.24, 2.45) is 11.3 Å². The van der Waals surface area contributed by atoms with E-state index in [1.807, 2.05) is 0 Å². The van der Waals surface area contributed by atoms with E-state index in [-0.39, 0.29) is 6.10 Å². The highest BCUT2D eigenvalue weighted by Gasteiger charge is 2.27. The maximum absolute atomic E-state index is 10.7. The standard InChI is InChI=1S/C30H48O/c1-22-20-26-18-17-23(2)27(29(26)28(31)21-22)16-12-10-8-6-7-9-11-14-25-15-13-19-30(4,5)24(25)3/h17-18,22,28,31H,6-16,19-21H2,1-5H3. The van der Waals surface area contributed by atoms with Crippen LogP contribution in [-0.4, -0.2) is 5.11 Å². The Labute approximate surface area is 192 Å². The highest BCUT2D eigenvalue weighted by atomic mass is 16.3. The predicted molar refractivity (Wildman–Crippen MR) is 135 cm³/mol. The molecule has 0 saturated heterocycles. The van der Waals surface area contributed by atoms with Crippen molar-refractivity contribution < 1.29 is 5.11 Å². The fourth-order valence-corrected chi connectivity index (χ4v) is 6.14. The van der Waals surface area contributed by atoms with Crippen molar-refractivity contribution in [1.82, 2.24) is 0 Å². The Morgan fingerprint density at radius 2 is 1.58 bits per heavy atom. The quantitative estimate of drug-likeness (QED) is 0.294. The first-order valence-corrected chi connectivity index (χ1v) is 13.3. The van der Waals surface area contributed by atoms with Crippen molar-refractivity contribution >= 4 is 0 Å². The van der Waals surface area contributed by atoms with E-state index in [0.717, 1.165) is 19.3 Å². The van der Waals surface area contributed by atoms with Gasteiger partial charge in [0.05, 0.1) is 6.10 Å². The minimum Gasteiger partial charge on any atom is -0.388 e. The van der Waals surface area contributed by atoms with Crippen LogP contribution in [0.3, 0.4) is 0 Å². The van der Waals surface area contributed by atoms with E-state index in [1.54, 1.807) is 11.1 Å². The summed E-state index contributed by atoms with van der Waals surface area (Å²) in [5.41, 5.74) is 9.43. The number of benzene rings is 1. The van der Waals surface area contributed by atoms with E-state index in [0.29, 0.717) is 11.3 Å². The van der Waals surface area contributed by atoms with Crippen LogP contribution in [0.15, 0.2) is 23.3 Å². The molecule has 0 radical (unpaired) electrons. The lowest BCUT2D eigenvalue weighted by Gasteiger charge is -2.33. The lowest BCUT2D eigenvalue weighted by atomic mass is 9.72. The molecule has 3 rings (SSSR count). The highest BCUT2D eigenvalue weighted by Crippen LogP contribution is 2.41. The van der Waals surface area contributed by atoms with Gasteiger partial charge in [0, 0.05) is 0 Å². The van der Waals surface area contributed by atoms with Crippen LogP contribution in [0.4, 0.5) is 0 Å². The second-order valence-corrected chi connectivity index (χ2v) is 11.4. The molecule has 0 saturated carbocycles.